The summed E-state index contributed by atoms with van der Waals surface area (Å²) >= 11 is 1.72. The highest BCUT2D eigenvalue weighted by Crippen LogP contribution is 2.51. The normalized spacial score (nSPS) is 16.6. The first-order valence-corrected chi connectivity index (χ1v) is 9.99. The number of nitrogens with one attached hydrogen (secondary N) is 1. The molecule has 3 nitrogen and oxygen atoms in total. The van der Waals surface area contributed by atoms with Gasteiger partial charge in [0.25, 0.3) is 0 Å². The SMILES string of the molecule is Cc1ccc(S(=O)(=O)NCCC2(Cc3ccsc3)CC2)cc1. The molecule has 5 heteroatoms. The lowest BCUT2D eigenvalue weighted by atomic mass is 9.95. The molecule has 0 bridgehead atoms. The van der Waals surface area contributed by atoms with E-state index in [1.165, 1.54) is 18.4 Å². The molecule has 1 fully saturated rings. The highest BCUT2D eigenvalue weighted by Gasteiger charge is 2.42. The summed E-state index contributed by atoms with van der Waals surface area (Å²) in [5.41, 5.74) is 2.76. The number of rotatable bonds is 7. The molecule has 3 rings (SSSR count). The molecule has 1 heterocycles. The molecule has 0 radical (unpaired) electrons. The lowest BCUT2D eigenvalue weighted by molar-refractivity contribution is 0.460. The van der Waals surface area contributed by atoms with Crippen molar-refractivity contribution in [2.75, 3.05) is 6.54 Å². The van der Waals surface area contributed by atoms with E-state index in [0.717, 1.165) is 18.4 Å². The van der Waals surface area contributed by atoms with E-state index in [1.54, 1.807) is 23.5 Å². The summed E-state index contributed by atoms with van der Waals surface area (Å²) in [6.45, 7) is 2.46. The largest absolute Gasteiger partial charge is 0.240 e. The number of sulfonamides is 1. The molecular weight excluding hydrogens is 314 g/mol. The molecule has 118 valence electrons. The Hall–Kier alpha value is -1.17. The van der Waals surface area contributed by atoms with Gasteiger partial charge in [-0.05, 0) is 72.5 Å². The van der Waals surface area contributed by atoms with E-state index in [-0.39, 0.29) is 0 Å². The van der Waals surface area contributed by atoms with E-state index in [2.05, 4.69) is 21.5 Å². The molecule has 1 N–H and O–H groups in total. The van der Waals surface area contributed by atoms with Gasteiger partial charge in [-0.1, -0.05) is 17.7 Å². The predicted molar refractivity (Wildman–Crippen MR) is 90.7 cm³/mol. The van der Waals surface area contributed by atoms with Crippen molar-refractivity contribution in [2.45, 2.75) is 37.5 Å². The van der Waals surface area contributed by atoms with Crippen LogP contribution in [0, 0.1) is 12.3 Å². The molecule has 2 aromatic rings. The second-order valence-electron chi connectivity index (χ2n) is 6.27. The molecule has 1 aliphatic rings. The fourth-order valence-electron chi connectivity index (χ4n) is 2.77. The van der Waals surface area contributed by atoms with E-state index in [4.69, 9.17) is 0 Å². The molecule has 1 aromatic heterocycles. The minimum atomic E-state index is -3.38. The number of hydrogen-bond donors (Lipinski definition) is 1. The van der Waals surface area contributed by atoms with Gasteiger partial charge in [0.05, 0.1) is 4.90 Å². The van der Waals surface area contributed by atoms with Gasteiger partial charge >= 0.3 is 0 Å². The minimum absolute atomic E-state index is 0.316. The van der Waals surface area contributed by atoms with Crippen LogP contribution in [0.15, 0.2) is 46.0 Å². The Kier molecular flexibility index (Phi) is 4.39. The molecule has 0 unspecified atom stereocenters. The Morgan fingerprint density at radius 3 is 2.50 bits per heavy atom. The van der Waals surface area contributed by atoms with E-state index in [9.17, 15) is 8.42 Å². The molecule has 0 aliphatic heterocycles. The first-order valence-electron chi connectivity index (χ1n) is 7.57. The Balaban J connectivity index is 1.55. The third kappa shape index (κ3) is 3.77. The third-order valence-corrected chi connectivity index (χ3v) is 6.60. The van der Waals surface area contributed by atoms with Crippen molar-refractivity contribution < 1.29 is 8.42 Å². The average Bonchev–Trinajstić information content (AvgIpc) is 3.03. The topological polar surface area (TPSA) is 46.2 Å². The van der Waals surface area contributed by atoms with Crippen LogP contribution < -0.4 is 4.72 Å². The zero-order chi connectivity index (χ0) is 15.6. The first-order chi connectivity index (χ1) is 10.5. The summed E-state index contributed by atoms with van der Waals surface area (Å²) in [4.78, 5) is 0.348. The summed E-state index contributed by atoms with van der Waals surface area (Å²) in [6, 6.07) is 9.15. The number of benzene rings is 1. The van der Waals surface area contributed by atoms with E-state index < -0.39 is 10.0 Å². The standard InChI is InChI=1S/C17H21NO2S2/c1-14-2-4-16(5-3-14)22(19,20)18-10-9-17(7-8-17)12-15-6-11-21-13-15/h2-6,11,13,18H,7-10,12H2,1H3. The summed E-state index contributed by atoms with van der Waals surface area (Å²) in [6.07, 6.45) is 4.39. The van der Waals surface area contributed by atoms with Crippen molar-refractivity contribution in [2.24, 2.45) is 5.41 Å². The van der Waals surface area contributed by atoms with Gasteiger partial charge in [0.1, 0.15) is 0 Å². The molecular formula is C17H21NO2S2. The number of thiophene rings is 1. The maximum atomic E-state index is 12.3. The fraction of sp³-hybridized carbons (Fsp3) is 0.412. The zero-order valence-electron chi connectivity index (χ0n) is 12.7. The monoisotopic (exact) mass is 335 g/mol. The lowest BCUT2D eigenvalue weighted by Crippen LogP contribution is -2.27. The van der Waals surface area contributed by atoms with Gasteiger partial charge in [-0.2, -0.15) is 11.3 Å². The molecule has 0 atom stereocenters. The van der Waals surface area contributed by atoms with Crippen LogP contribution in [0.1, 0.15) is 30.4 Å². The second-order valence-corrected chi connectivity index (χ2v) is 8.82. The van der Waals surface area contributed by atoms with Gasteiger partial charge in [0.15, 0.2) is 0 Å². The van der Waals surface area contributed by atoms with E-state index in [1.807, 2.05) is 19.1 Å². The van der Waals surface area contributed by atoms with Crippen LogP contribution in [-0.2, 0) is 16.4 Å². The summed E-state index contributed by atoms with van der Waals surface area (Å²) in [7, 11) is -3.38. The highest BCUT2D eigenvalue weighted by atomic mass is 32.2. The lowest BCUT2D eigenvalue weighted by Gasteiger charge is -2.15. The van der Waals surface area contributed by atoms with Gasteiger partial charge in [0.2, 0.25) is 10.0 Å². The molecule has 1 aromatic carbocycles. The Labute approximate surface area is 136 Å². The van der Waals surface area contributed by atoms with Crippen LogP contribution in [0.5, 0.6) is 0 Å². The van der Waals surface area contributed by atoms with E-state index in [0.29, 0.717) is 16.9 Å². The smallest absolute Gasteiger partial charge is 0.211 e. The molecule has 0 spiro atoms. The van der Waals surface area contributed by atoms with Crippen LogP contribution in [0.25, 0.3) is 0 Å². The zero-order valence-corrected chi connectivity index (χ0v) is 14.3. The predicted octanol–water partition coefficient (Wildman–Crippen LogP) is 3.75. The van der Waals surface area contributed by atoms with Crippen LogP contribution >= 0.6 is 11.3 Å². The summed E-state index contributed by atoms with van der Waals surface area (Å²) in [5.74, 6) is 0. The second kappa shape index (κ2) is 6.14. The van der Waals surface area contributed by atoms with Gasteiger partial charge in [-0.25, -0.2) is 13.1 Å². The maximum absolute atomic E-state index is 12.3. The Morgan fingerprint density at radius 1 is 1.18 bits per heavy atom. The van der Waals surface area contributed by atoms with Crippen LogP contribution in [0.2, 0.25) is 0 Å². The molecule has 0 saturated heterocycles. The van der Waals surface area contributed by atoms with Crippen LogP contribution in [0.4, 0.5) is 0 Å². The van der Waals surface area contributed by atoms with Gasteiger partial charge in [-0.15, -0.1) is 0 Å². The quantitative estimate of drug-likeness (QED) is 0.837. The van der Waals surface area contributed by atoms with Gasteiger partial charge < -0.3 is 0 Å². The van der Waals surface area contributed by atoms with Crippen LogP contribution in [-0.4, -0.2) is 15.0 Å². The average molecular weight is 335 g/mol. The summed E-state index contributed by atoms with van der Waals surface area (Å²) in [5, 5.41) is 4.29. The van der Waals surface area contributed by atoms with Crippen molar-refractivity contribution in [3.05, 3.63) is 52.2 Å². The molecule has 1 saturated carbocycles. The number of hydrogen-bond acceptors (Lipinski definition) is 3. The maximum Gasteiger partial charge on any atom is 0.240 e. The Morgan fingerprint density at radius 2 is 1.91 bits per heavy atom. The fourth-order valence-corrected chi connectivity index (χ4v) is 4.47. The Bertz CT molecular complexity index is 715. The summed E-state index contributed by atoms with van der Waals surface area (Å²) < 4.78 is 27.3. The first kappa shape index (κ1) is 15.7. The van der Waals surface area contributed by atoms with Gasteiger partial charge in [-0.3, -0.25) is 0 Å². The van der Waals surface area contributed by atoms with Crippen molar-refractivity contribution in [3.8, 4) is 0 Å². The van der Waals surface area contributed by atoms with Crippen molar-refractivity contribution in [1.82, 2.24) is 4.72 Å². The molecule has 0 amide bonds. The van der Waals surface area contributed by atoms with E-state index >= 15 is 0 Å². The van der Waals surface area contributed by atoms with Crippen molar-refractivity contribution >= 4 is 21.4 Å². The number of aryl methyl sites for hydroxylation is 1. The van der Waals surface area contributed by atoms with Crippen LogP contribution in [0.3, 0.4) is 0 Å². The molecule has 1 aliphatic carbocycles. The van der Waals surface area contributed by atoms with Crippen molar-refractivity contribution in [1.29, 1.82) is 0 Å². The third-order valence-electron chi connectivity index (χ3n) is 4.40. The highest BCUT2D eigenvalue weighted by molar-refractivity contribution is 7.89. The molecule has 22 heavy (non-hydrogen) atoms. The van der Waals surface area contributed by atoms with Crippen molar-refractivity contribution in [3.63, 3.8) is 0 Å². The minimum Gasteiger partial charge on any atom is -0.211 e. The van der Waals surface area contributed by atoms with Gasteiger partial charge in [0, 0.05) is 6.54 Å².